The highest BCUT2D eigenvalue weighted by atomic mass is 32.2. The molecule has 1 heterocycles. The zero-order chi connectivity index (χ0) is 14.3. The Kier molecular flexibility index (Phi) is 6.60. The van der Waals surface area contributed by atoms with E-state index in [1.807, 2.05) is 20.1 Å². The van der Waals surface area contributed by atoms with Crippen LogP contribution >= 0.6 is 11.8 Å². The van der Waals surface area contributed by atoms with E-state index in [1.165, 1.54) is 0 Å². The highest BCUT2D eigenvalue weighted by Crippen LogP contribution is 2.18. The monoisotopic (exact) mass is 303 g/mol. The molecule has 0 fully saturated rings. The summed E-state index contributed by atoms with van der Waals surface area (Å²) in [5, 5.41) is 3.27. The molecule has 0 bridgehead atoms. The molecule has 2 N–H and O–H groups in total. The second-order valence-electron chi connectivity index (χ2n) is 4.18. The number of pyridine rings is 1. The molecule has 108 valence electrons. The van der Waals surface area contributed by atoms with Crippen LogP contribution in [0.5, 0.6) is 0 Å². The molecular formula is C12H21N3O2S2. The fraction of sp³-hybridized carbons (Fsp3) is 0.583. The van der Waals surface area contributed by atoms with Gasteiger partial charge in [0.1, 0.15) is 10.7 Å². The van der Waals surface area contributed by atoms with Crippen LogP contribution in [-0.4, -0.2) is 38.0 Å². The Bertz CT molecular complexity index is 492. The third-order valence-corrected chi connectivity index (χ3v) is 4.99. The highest BCUT2D eigenvalue weighted by Gasteiger charge is 2.19. The topological polar surface area (TPSA) is 71.1 Å². The smallest absolute Gasteiger partial charge is 0.244 e. The molecule has 1 aromatic rings. The van der Waals surface area contributed by atoms with Crippen molar-refractivity contribution in [3.05, 3.63) is 18.3 Å². The number of thioether (sulfide) groups is 1. The lowest BCUT2D eigenvalue weighted by Crippen LogP contribution is -2.30. The van der Waals surface area contributed by atoms with E-state index in [4.69, 9.17) is 0 Å². The number of rotatable bonds is 8. The van der Waals surface area contributed by atoms with E-state index in [9.17, 15) is 8.42 Å². The van der Waals surface area contributed by atoms with Crippen molar-refractivity contribution in [3.63, 3.8) is 0 Å². The van der Waals surface area contributed by atoms with Gasteiger partial charge in [0.15, 0.2) is 0 Å². The van der Waals surface area contributed by atoms with Gasteiger partial charge in [0.05, 0.1) is 0 Å². The average Bonchev–Trinajstić information content (AvgIpc) is 2.42. The average molecular weight is 303 g/mol. The molecule has 0 saturated carbocycles. The van der Waals surface area contributed by atoms with Crippen LogP contribution in [0.3, 0.4) is 0 Å². The van der Waals surface area contributed by atoms with E-state index in [1.54, 1.807) is 30.1 Å². The molecule has 1 rings (SSSR count). The Labute approximate surface area is 119 Å². The van der Waals surface area contributed by atoms with E-state index in [2.05, 4.69) is 15.0 Å². The fourth-order valence-corrected chi connectivity index (χ4v) is 2.99. The second-order valence-corrected chi connectivity index (χ2v) is 7.19. The first-order valence-electron chi connectivity index (χ1n) is 6.22. The molecule has 0 aliphatic rings. The van der Waals surface area contributed by atoms with Crippen molar-refractivity contribution < 1.29 is 8.42 Å². The van der Waals surface area contributed by atoms with Crippen LogP contribution in [0.2, 0.25) is 0 Å². The summed E-state index contributed by atoms with van der Waals surface area (Å²) < 4.78 is 27.1. The van der Waals surface area contributed by atoms with Gasteiger partial charge >= 0.3 is 0 Å². The molecule has 0 amide bonds. The predicted octanol–water partition coefficient (Wildman–Crippen LogP) is 1.93. The Balaban J connectivity index is 2.88. The summed E-state index contributed by atoms with van der Waals surface area (Å²) in [6.45, 7) is 5.10. The predicted molar refractivity (Wildman–Crippen MR) is 81.2 cm³/mol. The SMILES string of the molecule is CCCNc1ncccc1S(=O)(=O)NCC(C)SC. The van der Waals surface area contributed by atoms with E-state index in [0.29, 0.717) is 18.9 Å². The number of nitrogens with zero attached hydrogens (tertiary/aromatic N) is 1. The Hall–Kier alpha value is -0.790. The third-order valence-electron chi connectivity index (χ3n) is 2.57. The Morgan fingerprint density at radius 2 is 2.21 bits per heavy atom. The fourth-order valence-electron chi connectivity index (χ4n) is 1.37. The maximum Gasteiger partial charge on any atom is 0.244 e. The van der Waals surface area contributed by atoms with Gasteiger partial charge in [-0.25, -0.2) is 18.1 Å². The number of sulfonamides is 1. The number of anilines is 1. The highest BCUT2D eigenvalue weighted by molar-refractivity contribution is 7.99. The quantitative estimate of drug-likeness (QED) is 0.768. The van der Waals surface area contributed by atoms with Gasteiger partial charge in [0.2, 0.25) is 10.0 Å². The summed E-state index contributed by atoms with van der Waals surface area (Å²) in [7, 11) is -3.51. The molecule has 1 atom stereocenters. The Morgan fingerprint density at radius 1 is 1.47 bits per heavy atom. The van der Waals surface area contributed by atoms with Crippen LogP contribution in [0.4, 0.5) is 5.82 Å². The number of hydrogen-bond donors (Lipinski definition) is 2. The normalized spacial score (nSPS) is 13.2. The van der Waals surface area contributed by atoms with Crippen LogP contribution < -0.4 is 10.0 Å². The molecule has 0 spiro atoms. The molecule has 7 heteroatoms. The summed E-state index contributed by atoms with van der Waals surface area (Å²) in [4.78, 5) is 4.30. The Morgan fingerprint density at radius 3 is 2.84 bits per heavy atom. The van der Waals surface area contributed by atoms with Crippen LogP contribution in [0.25, 0.3) is 0 Å². The van der Waals surface area contributed by atoms with Gasteiger partial charge in [-0.3, -0.25) is 0 Å². The summed E-state index contributed by atoms with van der Waals surface area (Å²) >= 11 is 1.62. The summed E-state index contributed by atoms with van der Waals surface area (Å²) in [5.41, 5.74) is 0. The minimum absolute atomic E-state index is 0.205. The van der Waals surface area contributed by atoms with Crippen LogP contribution in [0.15, 0.2) is 23.2 Å². The molecule has 0 saturated heterocycles. The zero-order valence-electron chi connectivity index (χ0n) is 11.5. The molecule has 0 aliphatic heterocycles. The van der Waals surface area contributed by atoms with Gasteiger partial charge in [0, 0.05) is 24.5 Å². The molecule has 19 heavy (non-hydrogen) atoms. The minimum atomic E-state index is -3.51. The second kappa shape index (κ2) is 7.72. The van der Waals surface area contributed by atoms with E-state index in [0.717, 1.165) is 6.42 Å². The summed E-state index contributed by atoms with van der Waals surface area (Å²) in [6.07, 6.45) is 4.45. The molecular weight excluding hydrogens is 282 g/mol. The van der Waals surface area contributed by atoms with E-state index >= 15 is 0 Å². The lowest BCUT2D eigenvalue weighted by Gasteiger charge is -2.13. The first-order chi connectivity index (χ1) is 9.01. The third kappa shape index (κ3) is 5.00. The van der Waals surface area contributed by atoms with Crippen LogP contribution in [0, 0.1) is 0 Å². The number of aromatic nitrogens is 1. The van der Waals surface area contributed by atoms with Crippen molar-refractivity contribution in [1.29, 1.82) is 0 Å². The van der Waals surface area contributed by atoms with Crippen LogP contribution in [-0.2, 0) is 10.0 Å². The number of nitrogens with one attached hydrogen (secondary N) is 2. The van der Waals surface area contributed by atoms with Gasteiger partial charge in [-0.1, -0.05) is 13.8 Å². The van der Waals surface area contributed by atoms with Crippen molar-refractivity contribution in [2.45, 2.75) is 30.4 Å². The lowest BCUT2D eigenvalue weighted by molar-refractivity contribution is 0.581. The standard InChI is InChI=1S/C12H21N3O2S2/c1-4-7-13-12-11(6-5-8-14-12)19(16,17)15-9-10(2)18-3/h5-6,8,10,15H,4,7,9H2,1-3H3,(H,13,14). The largest absolute Gasteiger partial charge is 0.369 e. The molecule has 0 aromatic carbocycles. The minimum Gasteiger partial charge on any atom is -0.369 e. The lowest BCUT2D eigenvalue weighted by atomic mass is 10.4. The zero-order valence-corrected chi connectivity index (χ0v) is 13.1. The van der Waals surface area contributed by atoms with Crippen molar-refractivity contribution >= 4 is 27.6 Å². The number of hydrogen-bond acceptors (Lipinski definition) is 5. The molecule has 0 aliphatic carbocycles. The maximum absolute atomic E-state index is 12.2. The van der Waals surface area contributed by atoms with Gasteiger partial charge in [-0.2, -0.15) is 11.8 Å². The first-order valence-corrected chi connectivity index (χ1v) is 8.99. The van der Waals surface area contributed by atoms with Crippen molar-refractivity contribution in [2.24, 2.45) is 0 Å². The van der Waals surface area contributed by atoms with E-state index in [-0.39, 0.29) is 10.1 Å². The van der Waals surface area contributed by atoms with Gasteiger partial charge in [0.25, 0.3) is 0 Å². The van der Waals surface area contributed by atoms with Gasteiger partial charge in [-0.15, -0.1) is 0 Å². The molecule has 1 unspecified atom stereocenters. The first kappa shape index (κ1) is 16.3. The van der Waals surface area contributed by atoms with E-state index < -0.39 is 10.0 Å². The van der Waals surface area contributed by atoms with Crippen LogP contribution in [0.1, 0.15) is 20.3 Å². The summed E-state index contributed by atoms with van der Waals surface area (Å²) in [5.74, 6) is 0.411. The van der Waals surface area contributed by atoms with Crippen molar-refractivity contribution in [2.75, 3.05) is 24.7 Å². The van der Waals surface area contributed by atoms with Gasteiger partial charge < -0.3 is 5.32 Å². The maximum atomic E-state index is 12.2. The van der Waals surface area contributed by atoms with Gasteiger partial charge in [-0.05, 0) is 24.8 Å². The van der Waals surface area contributed by atoms with Crippen molar-refractivity contribution in [3.8, 4) is 0 Å². The molecule has 5 nitrogen and oxygen atoms in total. The molecule has 1 aromatic heterocycles. The van der Waals surface area contributed by atoms with Crippen molar-refractivity contribution in [1.82, 2.24) is 9.71 Å². The summed E-state index contributed by atoms with van der Waals surface area (Å²) in [6, 6.07) is 3.20. The molecule has 0 radical (unpaired) electrons.